The quantitative estimate of drug-likeness (QED) is 0.533. The van der Waals surface area contributed by atoms with Gasteiger partial charge in [0.25, 0.3) is 5.56 Å². The monoisotopic (exact) mass is 469 g/mol. The van der Waals surface area contributed by atoms with Crippen LogP contribution in [0.1, 0.15) is 23.2 Å². The molecule has 2 heterocycles. The molecule has 3 rings (SSSR count). The molecule has 0 saturated carbocycles. The first kappa shape index (κ1) is 23.4. The third-order valence-electron chi connectivity index (χ3n) is 4.36. The molecule has 2 aromatic heterocycles. The Morgan fingerprint density at radius 1 is 1.19 bits per heavy atom. The molecule has 0 aliphatic rings. The van der Waals surface area contributed by atoms with Crippen LogP contribution in [0, 0.1) is 6.92 Å². The summed E-state index contributed by atoms with van der Waals surface area (Å²) in [6.07, 6.45) is -3.72. The second-order valence-corrected chi connectivity index (χ2v) is 8.56. The SMILES string of the molecule is Cc1ccn2c(=O)cc(COC(=O)CCNS(=O)(=O)c3ccccc3C(F)(F)F)nc2c1. The number of nitrogens with zero attached hydrogens (tertiary/aromatic N) is 2. The molecule has 0 aliphatic heterocycles. The van der Waals surface area contributed by atoms with Gasteiger partial charge in [-0.15, -0.1) is 0 Å². The summed E-state index contributed by atoms with van der Waals surface area (Å²) in [7, 11) is -4.51. The van der Waals surface area contributed by atoms with Crippen molar-refractivity contribution in [3.8, 4) is 0 Å². The minimum absolute atomic E-state index is 0.202. The number of alkyl halides is 3. The van der Waals surface area contributed by atoms with Crippen molar-refractivity contribution in [3.63, 3.8) is 0 Å². The Labute approximate surface area is 180 Å². The lowest BCUT2D eigenvalue weighted by molar-refractivity contribution is -0.145. The van der Waals surface area contributed by atoms with Gasteiger partial charge in [-0.1, -0.05) is 12.1 Å². The van der Waals surface area contributed by atoms with Crippen molar-refractivity contribution in [1.82, 2.24) is 14.1 Å². The fourth-order valence-electron chi connectivity index (χ4n) is 2.85. The minimum atomic E-state index is -4.85. The molecule has 1 aromatic carbocycles. The fourth-order valence-corrected chi connectivity index (χ4v) is 4.11. The van der Waals surface area contributed by atoms with Gasteiger partial charge in [0.1, 0.15) is 12.3 Å². The Kier molecular flexibility index (Phi) is 6.65. The smallest absolute Gasteiger partial charge is 0.417 e. The standard InChI is InChI=1S/C20H18F3N3O5S/c1-13-7-9-26-17(10-13)25-14(11-18(26)27)12-31-19(28)6-8-24-32(29,30)16-5-3-2-4-15(16)20(21,22)23/h2-5,7,9-11,24H,6,8,12H2,1H3. The molecule has 1 N–H and O–H groups in total. The highest BCUT2D eigenvalue weighted by molar-refractivity contribution is 7.89. The molecule has 12 heteroatoms. The van der Waals surface area contributed by atoms with E-state index >= 15 is 0 Å². The Morgan fingerprint density at radius 2 is 1.91 bits per heavy atom. The molecule has 170 valence electrons. The van der Waals surface area contributed by atoms with Gasteiger partial charge in [0, 0.05) is 18.8 Å². The zero-order valence-corrected chi connectivity index (χ0v) is 17.5. The molecule has 0 aliphatic carbocycles. The van der Waals surface area contributed by atoms with Crippen LogP contribution in [0.3, 0.4) is 0 Å². The van der Waals surface area contributed by atoms with Crippen LogP contribution in [0.4, 0.5) is 13.2 Å². The molecule has 0 radical (unpaired) electrons. The van der Waals surface area contributed by atoms with Gasteiger partial charge in [-0.2, -0.15) is 13.2 Å². The van der Waals surface area contributed by atoms with Gasteiger partial charge in [0.2, 0.25) is 10.0 Å². The van der Waals surface area contributed by atoms with Crippen molar-refractivity contribution in [1.29, 1.82) is 0 Å². The minimum Gasteiger partial charge on any atom is -0.459 e. The average molecular weight is 469 g/mol. The highest BCUT2D eigenvalue weighted by Gasteiger charge is 2.36. The maximum absolute atomic E-state index is 13.0. The number of nitrogens with one attached hydrogen (secondary N) is 1. The van der Waals surface area contributed by atoms with E-state index in [4.69, 9.17) is 4.74 Å². The number of sulfonamides is 1. The lowest BCUT2D eigenvalue weighted by atomic mass is 10.2. The first-order valence-corrected chi connectivity index (χ1v) is 10.8. The van der Waals surface area contributed by atoms with Crippen LogP contribution < -0.4 is 10.3 Å². The number of rotatable bonds is 7. The van der Waals surface area contributed by atoms with Gasteiger partial charge in [-0.3, -0.25) is 14.0 Å². The number of fused-ring (bicyclic) bond motifs is 1. The van der Waals surface area contributed by atoms with Gasteiger partial charge < -0.3 is 4.74 Å². The molecule has 0 amide bonds. The number of esters is 1. The summed E-state index contributed by atoms with van der Waals surface area (Å²) >= 11 is 0. The van der Waals surface area contributed by atoms with E-state index in [9.17, 15) is 31.2 Å². The molecular weight excluding hydrogens is 451 g/mol. The molecule has 0 bridgehead atoms. The van der Waals surface area contributed by atoms with Crippen molar-refractivity contribution in [3.05, 3.63) is 75.8 Å². The number of halogens is 3. The summed E-state index contributed by atoms with van der Waals surface area (Å²) in [4.78, 5) is 27.3. The lowest BCUT2D eigenvalue weighted by Gasteiger charge is -2.13. The summed E-state index contributed by atoms with van der Waals surface area (Å²) in [5.74, 6) is -0.817. The number of benzene rings is 1. The Hall–Kier alpha value is -3.25. The zero-order valence-electron chi connectivity index (χ0n) is 16.7. The fraction of sp³-hybridized carbons (Fsp3) is 0.250. The summed E-state index contributed by atoms with van der Waals surface area (Å²) in [6.45, 7) is 1.04. The van der Waals surface area contributed by atoms with E-state index in [0.29, 0.717) is 11.7 Å². The predicted molar refractivity (Wildman–Crippen MR) is 107 cm³/mol. The van der Waals surface area contributed by atoms with Gasteiger partial charge >= 0.3 is 12.1 Å². The van der Waals surface area contributed by atoms with E-state index in [2.05, 4.69) is 4.98 Å². The summed E-state index contributed by atoms with van der Waals surface area (Å²) < 4.78 is 71.9. The number of carbonyl (C=O) groups is 1. The number of hydrogen-bond donors (Lipinski definition) is 1. The van der Waals surface area contributed by atoms with Crippen molar-refractivity contribution in [2.45, 2.75) is 31.0 Å². The van der Waals surface area contributed by atoms with E-state index in [0.717, 1.165) is 17.7 Å². The van der Waals surface area contributed by atoms with Crippen LogP contribution in [-0.4, -0.2) is 30.3 Å². The summed E-state index contributed by atoms with van der Waals surface area (Å²) in [5.41, 5.74) is -0.213. The molecule has 0 fully saturated rings. The maximum atomic E-state index is 13.0. The number of pyridine rings is 1. The Morgan fingerprint density at radius 3 is 2.62 bits per heavy atom. The van der Waals surface area contributed by atoms with Gasteiger partial charge in [0.05, 0.1) is 22.6 Å². The summed E-state index contributed by atoms with van der Waals surface area (Å²) in [6, 6.07) is 8.35. The number of hydrogen-bond acceptors (Lipinski definition) is 6. The number of ether oxygens (including phenoxy) is 1. The normalized spacial score (nSPS) is 12.1. The van der Waals surface area contributed by atoms with Gasteiger partial charge in [0.15, 0.2) is 0 Å². The van der Waals surface area contributed by atoms with E-state index in [-0.39, 0.29) is 17.9 Å². The molecule has 0 spiro atoms. The second kappa shape index (κ2) is 9.09. The largest absolute Gasteiger partial charge is 0.459 e. The zero-order chi connectivity index (χ0) is 23.5. The third kappa shape index (κ3) is 5.51. The van der Waals surface area contributed by atoms with E-state index in [1.165, 1.54) is 16.5 Å². The van der Waals surface area contributed by atoms with Gasteiger partial charge in [-0.25, -0.2) is 18.1 Å². The van der Waals surface area contributed by atoms with Crippen LogP contribution in [0.2, 0.25) is 0 Å². The highest BCUT2D eigenvalue weighted by Crippen LogP contribution is 2.33. The second-order valence-electron chi connectivity index (χ2n) is 6.82. The highest BCUT2D eigenvalue weighted by atomic mass is 32.2. The Bertz CT molecular complexity index is 1320. The van der Waals surface area contributed by atoms with E-state index in [1.54, 1.807) is 18.3 Å². The first-order valence-electron chi connectivity index (χ1n) is 9.28. The maximum Gasteiger partial charge on any atom is 0.417 e. The topological polar surface area (TPSA) is 107 Å². The van der Waals surface area contributed by atoms with Crippen molar-refractivity contribution >= 4 is 21.6 Å². The predicted octanol–water partition coefficient (Wildman–Crippen LogP) is 2.43. The van der Waals surface area contributed by atoms with Crippen LogP contribution in [0.5, 0.6) is 0 Å². The van der Waals surface area contributed by atoms with Crippen molar-refractivity contribution in [2.75, 3.05) is 6.54 Å². The average Bonchev–Trinajstić information content (AvgIpc) is 2.71. The molecule has 0 atom stereocenters. The lowest BCUT2D eigenvalue weighted by Crippen LogP contribution is -2.28. The van der Waals surface area contributed by atoms with E-state index in [1.807, 2.05) is 11.6 Å². The molecular formula is C20H18F3N3O5S. The van der Waals surface area contributed by atoms with Crippen LogP contribution >= 0.6 is 0 Å². The van der Waals surface area contributed by atoms with Crippen molar-refractivity contribution < 1.29 is 31.1 Å². The van der Waals surface area contributed by atoms with Crippen LogP contribution in [0.25, 0.3) is 5.65 Å². The summed E-state index contributed by atoms with van der Waals surface area (Å²) in [5, 5.41) is 0. The van der Waals surface area contributed by atoms with Crippen molar-refractivity contribution in [2.24, 2.45) is 0 Å². The van der Waals surface area contributed by atoms with Crippen LogP contribution in [-0.2, 0) is 32.3 Å². The van der Waals surface area contributed by atoms with E-state index < -0.39 is 45.6 Å². The number of carbonyl (C=O) groups excluding carboxylic acids is 1. The number of aromatic nitrogens is 2. The molecule has 0 unspecified atom stereocenters. The van der Waals surface area contributed by atoms with Gasteiger partial charge in [-0.05, 0) is 36.8 Å². The molecule has 3 aromatic rings. The first-order chi connectivity index (χ1) is 15.0. The molecule has 32 heavy (non-hydrogen) atoms. The Balaban J connectivity index is 1.59. The third-order valence-corrected chi connectivity index (χ3v) is 5.88. The molecule has 8 nitrogen and oxygen atoms in total. The molecule has 0 saturated heterocycles. The number of aryl methyl sites for hydroxylation is 1. The van der Waals surface area contributed by atoms with Crippen LogP contribution in [0.15, 0.2) is 58.4 Å².